The highest BCUT2D eigenvalue weighted by molar-refractivity contribution is 6.15. The molecule has 152 valence electrons. The van der Waals surface area contributed by atoms with Crippen LogP contribution in [0.1, 0.15) is 36.2 Å². The smallest absolute Gasteiger partial charge is 0.163 e. The Morgan fingerprint density at radius 2 is 1.70 bits per heavy atom. The molecule has 0 unspecified atom stereocenters. The van der Waals surface area contributed by atoms with Crippen molar-refractivity contribution in [1.82, 2.24) is 14.5 Å². The van der Waals surface area contributed by atoms with Crippen LogP contribution >= 0.6 is 0 Å². The highest BCUT2D eigenvalue weighted by Crippen LogP contribution is 2.38. The number of hydrogen-bond donors (Lipinski definition) is 0. The van der Waals surface area contributed by atoms with Gasteiger partial charge in [0.25, 0.3) is 0 Å². The molecule has 0 aliphatic heterocycles. The van der Waals surface area contributed by atoms with Gasteiger partial charge in [0.1, 0.15) is 0 Å². The van der Waals surface area contributed by atoms with Crippen molar-refractivity contribution in [2.24, 2.45) is 0 Å². The van der Waals surface area contributed by atoms with Crippen molar-refractivity contribution in [2.45, 2.75) is 33.2 Å². The van der Waals surface area contributed by atoms with E-state index in [1.165, 1.54) is 38.5 Å². The third-order valence-corrected chi connectivity index (χ3v) is 6.59. The van der Waals surface area contributed by atoms with Crippen LogP contribution in [0.15, 0.2) is 54.9 Å². The third-order valence-electron chi connectivity index (χ3n) is 6.59. The van der Waals surface area contributed by atoms with Crippen LogP contribution in [0.5, 0.6) is 0 Å². The number of nitrogens with zero attached hydrogens (tertiary/aromatic N) is 3. The van der Waals surface area contributed by atoms with E-state index in [1.807, 2.05) is 18.5 Å². The van der Waals surface area contributed by atoms with Gasteiger partial charge in [-0.15, -0.1) is 0 Å². The topological polar surface area (TPSA) is 38.1 Å². The number of pyridine rings is 1. The van der Waals surface area contributed by atoms with Crippen LogP contribution in [0.25, 0.3) is 32.9 Å². The van der Waals surface area contributed by atoms with E-state index in [-0.39, 0.29) is 5.78 Å². The number of ketones is 1. The van der Waals surface area contributed by atoms with Crippen molar-refractivity contribution < 1.29 is 4.79 Å². The number of benzene rings is 2. The van der Waals surface area contributed by atoms with Gasteiger partial charge >= 0.3 is 0 Å². The highest BCUT2D eigenvalue weighted by atomic mass is 16.1. The molecule has 0 radical (unpaired) electrons. The zero-order valence-electron chi connectivity index (χ0n) is 17.7. The molecular weight excluding hydrogens is 370 g/mol. The number of aryl methyl sites for hydroxylation is 1. The summed E-state index contributed by atoms with van der Waals surface area (Å²) in [5.74, 6) is 0.279. The molecule has 30 heavy (non-hydrogen) atoms. The van der Waals surface area contributed by atoms with Gasteiger partial charge in [0, 0.05) is 59.3 Å². The Kier molecular flexibility index (Phi) is 4.87. The van der Waals surface area contributed by atoms with Crippen molar-refractivity contribution in [1.29, 1.82) is 0 Å². The minimum Gasteiger partial charge on any atom is -0.339 e. The monoisotopic (exact) mass is 397 g/mol. The van der Waals surface area contributed by atoms with Crippen LogP contribution in [-0.4, -0.2) is 39.9 Å². The van der Waals surface area contributed by atoms with E-state index in [9.17, 15) is 4.79 Å². The minimum absolute atomic E-state index is 0.279. The van der Waals surface area contributed by atoms with Crippen LogP contribution in [0.3, 0.4) is 0 Å². The van der Waals surface area contributed by atoms with Crippen LogP contribution in [-0.2, 0) is 13.0 Å². The molecule has 4 aromatic rings. The van der Waals surface area contributed by atoms with Gasteiger partial charge in [-0.05, 0) is 72.6 Å². The first-order chi connectivity index (χ1) is 14.7. The summed E-state index contributed by atoms with van der Waals surface area (Å²) in [6, 6.07) is 15.1. The Balaban J connectivity index is 1.73. The summed E-state index contributed by atoms with van der Waals surface area (Å²) in [5.41, 5.74) is 7.00. The largest absolute Gasteiger partial charge is 0.339 e. The Hall–Kier alpha value is -2.98. The number of hydrogen-bond acceptors (Lipinski definition) is 3. The Labute approximate surface area is 177 Å². The first kappa shape index (κ1) is 19.0. The van der Waals surface area contributed by atoms with E-state index >= 15 is 0 Å². The summed E-state index contributed by atoms with van der Waals surface area (Å²) in [6.45, 7) is 8.52. The summed E-state index contributed by atoms with van der Waals surface area (Å²) in [7, 11) is 0. The molecule has 2 heterocycles. The Morgan fingerprint density at radius 1 is 0.933 bits per heavy atom. The van der Waals surface area contributed by atoms with E-state index in [0.717, 1.165) is 38.2 Å². The standard InChI is InChI=1S/C26H27N3O/c1-3-28(4-2)15-16-29-23-8-5-19(18-11-13-27-14-12-18)17-22(23)26-21-7-10-25(30)20(21)6-9-24(26)29/h5-6,8-9,11-14,17H,3-4,7,10,15-16H2,1-2H3. The zero-order chi connectivity index (χ0) is 20.7. The second-order valence-electron chi connectivity index (χ2n) is 8.06. The summed E-state index contributed by atoms with van der Waals surface area (Å²) in [6.07, 6.45) is 5.15. The van der Waals surface area contributed by atoms with Gasteiger partial charge in [-0.1, -0.05) is 19.9 Å². The molecule has 0 amide bonds. The van der Waals surface area contributed by atoms with Gasteiger partial charge < -0.3 is 9.47 Å². The predicted octanol–water partition coefficient (Wildman–Crippen LogP) is 5.33. The zero-order valence-corrected chi connectivity index (χ0v) is 17.7. The molecule has 0 fully saturated rings. The van der Waals surface area contributed by atoms with Crippen LogP contribution in [0.4, 0.5) is 0 Å². The third kappa shape index (κ3) is 3.03. The average Bonchev–Trinajstić information content (AvgIpc) is 3.32. The predicted molar refractivity (Wildman–Crippen MR) is 123 cm³/mol. The molecule has 0 N–H and O–H groups in total. The lowest BCUT2D eigenvalue weighted by Crippen LogP contribution is -2.26. The fourth-order valence-corrected chi connectivity index (χ4v) is 4.90. The van der Waals surface area contributed by atoms with Gasteiger partial charge in [0.2, 0.25) is 0 Å². The lowest BCUT2D eigenvalue weighted by atomic mass is 10.00. The lowest BCUT2D eigenvalue weighted by Gasteiger charge is -2.19. The normalized spacial score (nSPS) is 13.6. The maximum Gasteiger partial charge on any atom is 0.163 e. The first-order valence-electron chi connectivity index (χ1n) is 10.9. The molecule has 4 nitrogen and oxygen atoms in total. The van der Waals surface area contributed by atoms with E-state index in [4.69, 9.17) is 0 Å². The maximum atomic E-state index is 12.4. The summed E-state index contributed by atoms with van der Waals surface area (Å²) >= 11 is 0. The molecule has 1 aliphatic rings. The minimum atomic E-state index is 0.279. The summed E-state index contributed by atoms with van der Waals surface area (Å²) in [4.78, 5) is 19.0. The van der Waals surface area contributed by atoms with Crippen LogP contribution in [0, 0.1) is 0 Å². The summed E-state index contributed by atoms with van der Waals surface area (Å²) < 4.78 is 2.45. The van der Waals surface area contributed by atoms with Crippen molar-refractivity contribution >= 4 is 27.6 Å². The van der Waals surface area contributed by atoms with Crippen molar-refractivity contribution in [3.8, 4) is 11.1 Å². The van der Waals surface area contributed by atoms with Crippen molar-refractivity contribution in [2.75, 3.05) is 19.6 Å². The fraction of sp³-hybridized carbons (Fsp3) is 0.308. The van der Waals surface area contributed by atoms with Gasteiger partial charge in [-0.2, -0.15) is 0 Å². The molecule has 2 aromatic heterocycles. The molecule has 0 saturated heterocycles. The number of aromatic nitrogens is 2. The lowest BCUT2D eigenvalue weighted by molar-refractivity contribution is 0.0994. The highest BCUT2D eigenvalue weighted by Gasteiger charge is 2.25. The molecule has 0 spiro atoms. The second-order valence-corrected chi connectivity index (χ2v) is 8.06. The quantitative estimate of drug-likeness (QED) is 0.441. The molecule has 0 atom stereocenters. The van der Waals surface area contributed by atoms with Gasteiger partial charge in [-0.3, -0.25) is 9.78 Å². The maximum absolute atomic E-state index is 12.4. The van der Waals surface area contributed by atoms with Gasteiger partial charge in [-0.25, -0.2) is 0 Å². The van der Waals surface area contributed by atoms with Crippen molar-refractivity contribution in [3.05, 3.63) is 66.0 Å². The SMILES string of the molecule is CCN(CC)CCn1c2ccc(-c3ccncc3)cc2c2c3c(ccc21)C(=O)CC3. The molecule has 2 aromatic carbocycles. The number of likely N-dealkylation sites (N-methyl/N-ethyl adjacent to an activating group) is 1. The molecule has 0 bridgehead atoms. The number of Topliss-reactive ketones (excluding diaryl/α,β-unsaturated/α-hetero) is 1. The van der Waals surface area contributed by atoms with E-state index in [2.05, 4.69) is 64.7 Å². The van der Waals surface area contributed by atoms with Crippen molar-refractivity contribution in [3.63, 3.8) is 0 Å². The van der Waals surface area contributed by atoms with E-state index < -0.39 is 0 Å². The number of rotatable bonds is 6. The molecule has 0 saturated carbocycles. The average molecular weight is 398 g/mol. The Morgan fingerprint density at radius 3 is 2.47 bits per heavy atom. The molecule has 5 rings (SSSR count). The molecular formula is C26H27N3O. The molecule has 4 heteroatoms. The van der Waals surface area contributed by atoms with E-state index in [0.29, 0.717) is 6.42 Å². The fourth-order valence-electron chi connectivity index (χ4n) is 4.90. The molecule has 1 aliphatic carbocycles. The first-order valence-corrected chi connectivity index (χ1v) is 10.9. The summed E-state index contributed by atoms with van der Waals surface area (Å²) in [5, 5.41) is 2.52. The number of carbonyl (C=O) groups is 1. The number of fused-ring (bicyclic) bond motifs is 5. The second kappa shape index (κ2) is 7.69. The number of carbonyl (C=O) groups excluding carboxylic acids is 1. The van der Waals surface area contributed by atoms with Crippen LogP contribution in [0.2, 0.25) is 0 Å². The Bertz CT molecular complexity index is 1240. The van der Waals surface area contributed by atoms with Crippen LogP contribution < -0.4 is 0 Å². The van der Waals surface area contributed by atoms with E-state index in [1.54, 1.807) is 0 Å². The van der Waals surface area contributed by atoms with Gasteiger partial charge in [0.05, 0.1) is 0 Å². The van der Waals surface area contributed by atoms with Gasteiger partial charge in [0.15, 0.2) is 5.78 Å².